The molecule has 23 heavy (non-hydrogen) atoms. The highest BCUT2D eigenvalue weighted by molar-refractivity contribution is 6.35. The number of nitrogens with zero attached hydrogens (tertiary/aromatic N) is 3. The van der Waals surface area contributed by atoms with Gasteiger partial charge in [-0.1, -0.05) is 48.5 Å². The van der Waals surface area contributed by atoms with E-state index >= 15 is 0 Å². The number of rotatable bonds is 3. The summed E-state index contributed by atoms with van der Waals surface area (Å²) in [6, 6.07) is 19.6. The number of carbonyl (C=O) groups is 1. The number of likely N-dealkylation sites (N-methyl/N-ethyl adjacent to an activating group) is 1. The monoisotopic (exact) mass is 310 g/mol. The zero-order valence-electron chi connectivity index (χ0n) is 13.0. The van der Waals surface area contributed by atoms with E-state index in [0.717, 1.165) is 11.3 Å². The van der Waals surface area contributed by atoms with Crippen LogP contribution in [0.2, 0.25) is 0 Å². The molecule has 0 amide bonds. The highest BCUT2D eigenvalue weighted by atomic mass is 16.5. The molecule has 0 bridgehead atoms. The molecule has 0 aromatic heterocycles. The topological polar surface area (TPSA) is 57.2 Å². The second-order valence-corrected chi connectivity index (χ2v) is 5.10. The van der Waals surface area contributed by atoms with Crippen LogP contribution in [0.15, 0.2) is 65.8 Å². The smallest absolute Gasteiger partial charge is 0.377 e. The van der Waals surface area contributed by atoms with Crippen LogP contribution in [-0.4, -0.2) is 31.0 Å². The van der Waals surface area contributed by atoms with Crippen molar-refractivity contribution in [2.24, 2.45) is 5.10 Å². The summed E-state index contributed by atoms with van der Waals surface area (Å²) in [5, 5.41) is 7.87. The molecule has 1 N–H and O–H groups in total. The van der Waals surface area contributed by atoms with Gasteiger partial charge in [-0.2, -0.15) is 0 Å². The normalized spacial score (nSPS) is 17.7. The number of hydrazone groups is 1. The van der Waals surface area contributed by atoms with Crippen molar-refractivity contribution in [2.75, 3.05) is 19.2 Å². The van der Waals surface area contributed by atoms with Crippen LogP contribution in [0, 0.1) is 0 Å². The SMILES string of the molecule is COC(=O)C1=NN(c2ccccc2)C(c2ccccc2)NN1C. The van der Waals surface area contributed by atoms with Gasteiger partial charge in [-0.3, -0.25) is 5.01 Å². The van der Waals surface area contributed by atoms with Gasteiger partial charge >= 0.3 is 5.97 Å². The highest BCUT2D eigenvalue weighted by Crippen LogP contribution is 2.28. The lowest BCUT2D eigenvalue weighted by atomic mass is 10.1. The van der Waals surface area contributed by atoms with Crippen molar-refractivity contribution in [2.45, 2.75) is 6.17 Å². The van der Waals surface area contributed by atoms with Crippen molar-refractivity contribution in [3.63, 3.8) is 0 Å². The van der Waals surface area contributed by atoms with Crippen LogP contribution in [0.3, 0.4) is 0 Å². The Morgan fingerprint density at radius 3 is 2.30 bits per heavy atom. The molecule has 0 saturated carbocycles. The second-order valence-electron chi connectivity index (χ2n) is 5.10. The van der Waals surface area contributed by atoms with E-state index in [9.17, 15) is 4.79 Å². The number of hydrazine groups is 1. The highest BCUT2D eigenvalue weighted by Gasteiger charge is 2.31. The fourth-order valence-corrected chi connectivity index (χ4v) is 2.43. The van der Waals surface area contributed by atoms with Crippen LogP contribution in [0.1, 0.15) is 11.7 Å². The Morgan fingerprint density at radius 1 is 1.09 bits per heavy atom. The summed E-state index contributed by atoms with van der Waals surface area (Å²) in [6.45, 7) is 0. The summed E-state index contributed by atoms with van der Waals surface area (Å²) >= 11 is 0. The molecule has 3 rings (SSSR count). The number of anilines is 1. The molecule has 6 heteroatoms. The van der Waals surface area contributed by atoms with Crippen molar-refractivity contribution >= 4 is 17.5 Å². The number of ether oxygens (including phenoxy) is 1. The molecule has 0 saturated heterocycles. The Hall–Kier alpha value is -2.86. The van der Waals surface area contributed by atoms with Gasteiger partial charge in [0, 0.05) is 7.05 Å². The summed E-state index contributed by atoms with van der Waals surface area (Å²) in [4.78, 5) is 11.9. The lowest BCUT2D eigenvalue weighted by molar-refractivity contribution is -0.133. The van der Waals surface area contributed by atoms with E-state index in [2.05, 4.69) is 10.5 Å². The maximum atomic E-state index is 11.9. The molecule has 2 aromatic carbocycles. The molecule has 6 nitrogen and oxygen atoms in total. The fraction of sp³-hybridized carbons (Fsp3) is 0.176. The van der Waals surface area contributed by atoms with Gasteiger partial charge in [0.15, 0.2) is 0 Å². The first-order chi connectivity index (χ1) is 11.2. The van der Waals surface area contributed by atoms with Crippen molar-refractivity contribution in [3.05, 3.63) is 66.2 Å². The van der Waals surface area contributed by atoms with Gasteiger partial charge in [-0.05, 0) is 17.7 Å². The largest absolute Gasteiger partial charge is 0.463 e. The molecule has 1 unspecified atom stereocenters. The number of nitrogens with one attached hydrogen (secondary N) is 1. The lowest BCUT2D eigenvalue weighted by Crippen LogP contribution is -2.54. The van der Waals surface area contributed by atoms with Crippen molar-refractivity contribution < 1.29 is 9.53 Å². The van der Waals surface area contributed by atoms with Crippen LogP contribution < -0.4 is 10.4 Å². The van der Waals surface area contributed by atoms with Crippen molar-refractivity contribution in [1.29, 1.82) is 0 Å². The molecule has 0 aliphatic carbocycles. The summed E-state index contributed by atoms with van der Waals surface area (Å²) in [5.74, 6) is -0.295. The quantitative estimate of drug-likeness (QED) is 0.880. The van der Waals surface area contributed by atoms with E-state index in [-0.39, 0.29) is 12.0 Å². The van der Waals surface area contributed by atoms with Gasteiger partial charge in [-0.25, -0.2) is 15.2 Å². The Morgan fingerprint density at radius 2 is 1.70 bits per heavy atom. The second kappa shape index (κ2) is 6.50. The van der Waals surface area contributed by atoms with Crippen LogP contribution in [-0.2, 0) is 9.53 Å². The van der Waals surface area contributed by atoms with Crippen LogP contribution in [0.5, 0.6) is 0 Å². The Bertz CT molecular complexity index is 703. The summed E-state index contributed by atoms with van der Waals surface area (Å²) < 4.78 is 4.81. The standard InChI is InChI=1S/C17H18N4O2/c1-20-16(17(22)23-2)19-21(14-11-7-4-8-12-14)15(18-20)13-9-5-3-6-10-13/h3-12,15,18H,1-2H3. The molecule has 0 spiro atoms. The van der Waals surface area contributed by atoms with Gasteiger partial charge in [0.2, 0.25) is 5.84 Å². The van der Waals surface area contributed by atoms with Gasteiger partial charge in [0.05, 0.1) is 12.8 Å². The van der Waals surface area contributed by atoms with Crippen LogP contribution >= 0.6 is 0 Å². The Labute approximate surface area is 134 Å². The number of methoxy groups -OCH3 is 1. The molecular weight excluding hydrogens is 292 g/mol. The summed E-state index contributed by atoms with van der Waals surface area (Å²) in [6.07, 6.45) is -0.225. The minimum atomic E-state index is -0.493. The number of hydrogen-bond donors (Lipinski definition) is 1. The Balaban J connectivity index is 2.06. The molecule has 1 aliphatic rings. The van der Waals surface area contributed by atoms with Crippen molar-refractivity contribution in [1.82, 2.24) is 10.4 Å². The number of benzene rings is 2. The third-order valence-corrected chi connectivity index (χ3v) is 3.58. The van der Waals surface area contributed by atoms with E-state index in [0.29, 0.717) is 0 Å². The maximum Gasteiger partial charge on any atom is 0.377 e. The molecule has 0 fully saturated rings. The molecule has 1 aliphatic heterocycles. The maximum absolute atomic E-state index is 11.9. The van der Waals surface area contributed by atoms with Crippen molar-refractivity contribution in [3.8, 4) is 0 Å². The van der Waals surface area contributed by atoms with Crippen LogP contribution in [0.4, 0.5) is 5.69 Å². The first-order valence-corrected chi connectivity index (χ1v) is 7.27. The van der Waals surface area contributed by atoms with Crippen LogP contribution in [0.25, 0.3) is 0 Å². The molecule has 1 atom stereocenters. The molecule has 1 heterocycles. The molecular formula is C17H18N4O2. The number of para-hydroxylation sites is 1. The van der Waals surface area contributed by atoms with Gasteiger partial charge in [-0.15, -0.1) is 5.10 Å². The van der Waals surface area contributed by atoms with E-state index in [4.69, 9.17) is 4.74 Å². The molecule has 0 radical (unpaired) electrons. The predicted molar refractivity (Wildman–Crippen MR) is 88.5 cm³/mol. The number of carbonyl (C=O) groups excluding carboxylic acids is 1. The average Bonchev–Trinajstić information content (AvgIpc) is 2.62. The van der Waals surface area contributed by atoms with Gasteiger partial charge in [0.1, 0.15) is 6.17 Å². The average molecular weight is 310 g/mol. The summed E-state index contributed by atoms with van der Waals surface area (Å²) in [5.41, 5.74) is 5.19. The lowest BCUT2D eigenvalue weighted by Gasteiger charge is -2.39. The van der Waals surface area contributed by atoms with Gasteiger partial charge < -0.3 is 4.74 Å². The number of esters is 1. The molecule has 118 valence electrons. The van der Waals surface area contributed by atoms with E-state index in [1.807, 2.05) is 60.7 Å². The number of amidine groups is 1. The zero-order valence-corrected chi connectivity index (χ0v) is 13.0. The Kier molecular flexibility index (Phi) is 4.25. The van der Waals surface area contributed by atoms with Gasteiger partial charge in [0.25, 0.3) is 0 Å². The minimum absolute atomic E-state index is 0.198. The van der Waals surface area contributed by atoms with E-state index < -0.39 is 5.97 Å². The first-order valence-electron chi connectivity index (χ1n) is 7.27. The third kappa shape index (κ3) is 3.02. The van der Waals surface area contributed by atoms with E-state index in [1.54, 1.807) is 17.1 Å². The third-order valence-electron chi connectivity index (χ3n) is 3.58. The molecule has 2 aromatic rings. The predicted octanol–water partition coefficient (Wildman–Crippen LogP) is 2.13. The number of hydrogen-bond acceptors (Lipinski definition) is 6. The zero-order chi connectivity index (χ0) is 16.2. The minimum Gasteiger partial charge on any atom is -0.463 e. The fourth-order valence-electron chi connectivity index (χ4n) is 2.43. The summed E-state index contributed by atoms with van der Waals surface area (Å²) in [7, 11) is 3.09. The first kappa shape index (κ1) is 15.1. The van der Waals surface area contributed by atoms with E-state index in [1.165, 1.54) is 7.11 Å².